The van der Waals surface area contributed by atoms with Crippen molar-refractivity contribution in [2.75, 3.05) is 0 Å². The zero-order valence-corrected chi connectivity index (χ0v) is 6.98. The molecule has 0 radical (unpaired) electrons. The van der Waals surface area contributed by atoms with Crippen molar-refractivity contribution >= 4 is 11.4 Å². The second-order valence-corrected chi connectivity index (χ2v) is 2.93. The summed E-state index contributed by atoms with van der Waals surface area (Å²) in [5.74, 6) is 0.374. The lowest BCUT2D eigenvalue weighted by Crippen LogP contribution is -1.93. The first-order valence-corrected chi connectivity index (χ1v) is 3.83. The highest BCUT2D eigenvalue weighted by Crippen LogP contribution is 2.13. The molecule has 0 N–H and O–H groups in total. The molecule has 62 valence electrons. The molecule has 0 bridgehead atoms. The van der Waals surface area contributed by atoms with Gasteiger partial charge < -0.3 is 4.42 Å². The van der Waals surface area contributed by atoms with Gasteiger partial charge in [-0.15, -0.1) is 0 Å². The topological polar surface area (TPSA) is 51.8 Å². The fourth-order valence-electron chi connectivity index (χ4n) is 0.953. The Bertz CT molecular complexity index is 394. The second-order valence-electron chi connectivity index (χ2n) is 2.93. The minimum absolute atomic E-state index is 0.374. The predicted octanol–water partition coefficient (Wildman–Crippen LogP) is 1.74. The van der Waals surface area contributed by atoms with Crippen LogP contribution in [0.1, 0.15) is 25.5 Å². The van der Waals surface area contributed by atoms with Gasteiger partial charge in [0.2, 0.25) is 5.65 Å². The Kier molecular flexibility index (Phi) is 1.53. The predicted molar refractivity (Wildman–Crippen MR) is 43.7 cm³/mol. The minimum atomic E-state index is 0.374. The van der Waals surface area contributed by atoms with E-state index in [1.807, 2.05) is 0 Å². The Balaban J connectivity index is 2.60. The normalized spacial score (nSPS) is 11.2. The molecule has 2 heterocycles. The third-order valence-corrected chi connectivity index (χ3v) is 1.67. The van der Waals surface area contributed by atoms with E-state index in [1.54, 1.807) is 6.20 Å². The van der Waals surface area contributed by atoms with Crippen LogP contribution in [0.4, 0.5) is 0 Å². The van der Waals surface area contributed by atoms with Gasteiger partial charge in [-0.3, -0.25) is 0 Å². The van der Waals surface area contributed by atoms with Crippen LogP contribution >= 0.6 is 0 Å². The van der Waals surface area contributed by atoms with Crippen LogP contribution in [-0.2, 0) is 0 Å². The lowest BCUT2D eigenvalue weighted by Gasteiger charge is -2.00. The number of fused-ring (bicyclic) bond motifs is 1. The highest BCUT2D eigenvalue weighted by atomic mass is 16.3. The Morgan fingerprint density at radius 3 is 2.92 bits per heavy atom. The Morgan fingerprint density at radius 1 is 1.33 bits per heavy atom. The van der Waals surface area contributed by atoms with Gasteiger partial charge in [-0.1, -0.05) is 13.8 Å². The summed E-state index contributed by atoms with van der Waals surface area (Å²) < 4.78 is 4.97. The summed E-state index contributed by atoms with van der Waals surface area (Å²) in [5, 5.41) is 0. The molecule has 0 saturated heterocycles. The average Bonchev–Trinajstić information content (AvgIpc) is 2.49. The Morgan fingerprint density at radius 2 is 2.17 bits per heavy atom. The van der Waals surface area contributed by atoms with E-state index >= 15 is 0 Å². The van der Waals surface area contributed by atoms with Crippen LogP contribution in [0.25, 0.3) is 11.4 Å². The fourth-order valence-corrected chi connectivity index (χ4v) is 0.953. The number of nitrogens with zero attached hydrogens (tertiary/aromatic N) is 3. The number of hydrogen-bond acceptors (Lipinski definition) is 4. The van der Waals surface area contributed by atoms with E-state index in [4.69, 9.17) is 4.42 Å². The van der Waals surface area contributed by atoms with Crippen LogP contribution in [0.2, 0.25) is 0 Å². The number of hydrogen-bond donors (Lipinski definition) is 0. The molecule has 0 atom stereocenters. The van der Waals surface area contributed by atoms with E-state index in [1.165, 1.54) is 6.39 Å². The van der Waals surface area contributed by atoms with E-state index in [9.17, 15) is 0 Å². The van der Waals surface area contributed by atoms with E-state index < -0.39 is 0 Å². The second kappa shape index (κ2) is 2.55. The van der Waals surface area contributed by atoms with Gasteiger partial charge in [0, 0.05) is 0 Å². The summed E-state index contributed by atoms with van der Waals surface area (Å²) in [6.45, 7) is 4.13. The van der Waals surface area contributed by atoms with Crippen LogP contribution in [-0.4, -0.2) is 15.0 Å². The van der Waals surface area contributed by atoms with Crippen LogP contribution < -0.4 is 0 Å². The van der Waals surface area contributed by atoms with Gasteiger partial charge >= 0.3 is 0 Å². The van der Waals surface area contributed by atoms with E-state index in [0.29, 0.717) is 17.3 Å². The summed E-state index contributed by atoms with van der Waals surface area (Å²) in [5.41, 5.74) is 2.03. The summed E-state index contributed by atoms with van der Waals surface area (Å²) in [6, 6.07) is 0. The monoisotopic (exact) mass is 163 g/mol. The molecule has 12 heavy (non-hydrogen) atoms. The van der Waals surface area contributed by atoms with E-state index in [0.717, 1.165) is 5.69 Å². The molecule has 0 spiro atoms. The summed E-state index contributed by atoms with van der Waals surface area (Å²) >= 11 is 0. The Hall–Kier alpha value is -1.45. The maximum absolute atomic E-state index is 4.97. The van der Waals surface area contributed by atoms with Crippen LogP contribution in [0.15, 0.2) is 17.0 Å². The van der Waals surface area contributed by atoms with Crippen molar-refractivity contribution in [2.24, 2.45) is 0 Å². The molecule has 0 aliphatic heterocycles. The highest BCUT2D eigenvalue weighted by molar-refractivity contribution is 5.61. The maximum Gasteiger partial charge on any atom is 0.266 e. The standard InChI is InChI=1S/C8H9N3O/c1-5(2)6-3-9-8-7(11-6)10-4-12-8/h3-5H,1-2H3. The summed E-state index contributed by atoms with van der Waals surface area (Å²) in [4.78, 5) is 12.3. The van der Waals surface area contributed by atoms with Gasteiger partial charge in [-0.2, -0.15) is 4.98 Å². The molecule has 0 fully saturated rings. The summed E-state index contributed by atoms with van der Waals surface area (Å²) in [7, 11) is 0. The van der Waals surface area contributed by atoms with Crippen molar-refractivity contribution in [2.45, 2.75) is 19.8 Å². The molecule has 2 aromatic rings. The zero-order chi connectivity index (χ0) is 8.55. The molecular formula is C8H9N3O. The first-order valence-electron chi connectivity index (χ1n) is 3.83. The molecule has 0 unspecified atom stereocenters. The molecule has 4 nitrogen and oxygen atoms in total. The van der Waals surface area contributed by atoms with Gasteiger partial charge in [0.15, 0.2) is 6.39 Å². The highest BCUT2D eigenvalue weighted by Gasteiger charge is 2.05. The smallest absolute Gasteiger partial charge is 0.266 e. The quantitative estimate of drug-likeness (QED) is 0.642. The van der Waals surface area contributed by atoms with E-state index in [2.05, 4.69) is 28.8 Å². The van der Waals surface area contributed by atoms with Crippen molar-refractivity contribution in [1.82, 2.24) is 15.0 Å². The minimum Gasteiger partial charge on any atom is -0.424 e. The van der Waals surface area contributed by atoms with Crippen LogP contribution in [0.5, 0.6) is 0 Å². The number of oxazole rings is 1. The van der Waals surface area contributed by atoms with Gasteiger partial charge in [0.05, 0.1) is 11.9 Å². The Labute approximate surface area is 69.7 Å². The number of aromatic nitrogens is 3. The lowest BCUT2D eigenvalue weighted by molar-refractivity contribution is 0.589. The summed E-state index contributed by atoms with van der Waals surface area (Å²) in [6.07, 6.45) is 3.08. The number of rotatable bonds is 1. The first-order chi connectivity index (χ1) is 5.77. The molecular weight excluding hydrogens is 154 g/mol. The molecule has 0 amide bonds. The molecule has 2 rings (SSSR count). The third-order valence-electron chi connectivity index (χ3n) is 1.67. The van der Waals surface area contributed by atoms with Gasteiger partial charge in [-0.05, 0) is 5.92 Å². The molecule has 0 aromatic carbocycles. The van der Waals surface area contributed by atoms with Crippen molar-refractivity contribution < 1.29 is 4.42 Å². The average molecular weight is 163 g/mol. The van der Waals surface area contributed by atoms with Gasteiger partial charge in [0.25, 0.3) is 5.71 Å². The fraction of sp³-hybridized carbons (Fsp3) is 0.375. The van der Waals surface area contributed by atoms with E-state index in [-0.39, 0.29) is 0 Å². The van der Waals surface area contributed by atoms with Crippen molar-refractivity contribution in [3.8, 4) is 0 Å². The van der Waals surface area contributed by atoms with Crippen molar-refractivity contribution in [3.05, 3.63) is 18.3 Å². The molecule has 0 saturated carbocycles. The van der Waals surface area contributed by atoms with Gasteiger partial charge in [-0.25, -0.2) is 9.97 Å². The third kappa shape index (κ3) is 1.05. The SMILES string of the molecule is CC(C)c1cnc2ocnc2n1. The van der Waals surface area contributed by atoms with Crippen LogP contribution in [0, 0.1) is 0 Å². The van der Waals surface area contributed by atoms with Gasteiger partial charge in [0.1, 0.15) is 0 Å². The molecule has 4 heteroatoms. The zero-order valence-electron chi connectivity index (χ0n) is 6.98. The van der Waals surface area contributed by atoms with Crippen LogP contribution in [0.3, 0.4) is 0 Å². The molecule has 0 aliphatic rings. The van der Waals surface area contributed by atoms with Crippen molar-refractivity contribution in [3.63, 3.8) is 0 Å². The lowest BCUT2D eigenvalue weighted by atomic mass is 10.1. The first kappa shape index (κ1) is 7.21. The molecule has 2 aromatic heterocycles. The van der Waals surface area contributed by atoms with Crippen molar-refractivity contribution in [1.29, 1.82) is 0 Å². The largest absolute Gasteiger partial charge is 0.424 e. The maximum atomic E-state index is 4.97. The molecule has 0 aliphatic carbocycles.